The summed E-state index contributed by atoms with van der Waals surface area (Å²) in [5, 5.41) is 3.74. The number of nitrogens with zero attached hydrogens (tertiary/aromatic N) is 1. The first-order chi connectivity index (χ1) is 13.5. The topological polar surface area (TPSA) is 49.4 Å². The Labute approximate surface area is 181 Å². The average molecular weight is 439 g/mol. The Morgan fingerprint density at radius 3 is 2.34 bits per heavy atom. The lowest BCUT2D eigenvalue weighted by Gasteiger charge is -2.31. The van der Waals surface area contributed by atoms with Crippen LogP contribution in [-0.2, 0) is 22.6 Å². The molecule has 2 amide bonds. The van der Waals surface area contributed by atoms with E-state index in [0.717, 1.165) is 0 Å². The molecule has 1 atom stereocenters. The van der Waals surface area contributed by atoms with Gasteiger partial charge < -0.3 is 10.2 Å². The molecule has 0 aliphatic carbocycles. The number of carbonyl (C=O) groups is 2. The van der Waals surface area contributed by atoms with Crippen LogP contribution in [0.15, 0.2) is 42.5 Å². The molecule has 0 saturated carbocycles. The fourth-order valence-electron chi connectivity index (χ4n) is 2.80. The zero-order chi connectivity index (χ0) is 21.8. The maximum Gasteiger partial charge on any atom is 0.242 e. The molecule has 7 heteroatoms. The van der Waals surface area contributed by atoms with Gasteiger partial charge in [-0.25, -0.2) is 4.39 Å². The number of hydrogen-bond donors (Lipinski definition) is 1. The number of benzene rings is 2. The van der Waals surface area contributed by atoms with Gasteiger partial charge in [-0.3, -0.25) is 9.59 Å². The third-order valence-corrected chi connectivity index (χ3v) is 4.91. The van der Waals surface area contributed by atoms with Crippen molar-refractivity contribution in [3.63, 3.8) is 0 Å². The van der Waals surface area contributed by atoms with Crippen LogP contribution in [0, 0.1) is 5.82 Å². The third-order valence-electron chi connectivity index (χ3n) is 4.32. The summed E-state index contributed by atoms with van der Waals surface area (Å²) in [7, 11) is 0. The van der Waals surface area contributed by atoms with E-state index in [1.54, 1.807) is 43.3 Å². The van der Waals surface area contributed by atoms with Gasteiger partial charge in [-0.05, 0) is 57.0 Å². The Kier molecular flexibility index (Phi) is 7.66. The molecule has 0 aromatic heterocycles. The van der Waals surface area contributed by atoms with E-state index in [9.17, 15) is 14.0 Å². The Bertz CT molecular complexity index is 897. The molecule has 0 fully saturated rings. The molecule has 0 aliphatic heterocycles. The first kappa shape index (κ1) is 23.2. The Morgan fingerprint density at radius 2 is 1.76 bits per heavy atom. The van der Waals surface area contributed by atoms with Crippen molar-refractivity contribution < 1.29 is 14.0 Å². The lowest BCUT2D eigenvalue weighted by Crippen LogP contribution is -2.52. The van der Waals surface area contributed by atoms with Crippen LogP contribution in [0.3, 0.4) is 0 Å². The molecule has 2 rings (SSSR count). The number of nitrogens with one attached hydrogen (secondary N) is 1. The minimum Gasteiger partial charge on any atom is -0.350 e. The lowest BCUT2D eigenvalue weighted by molar-refractivity contribution is -0.140. The Morgan fingerprint density at radius 1 is 1.10 bits per heavy atom. The van der Waals surface area contributed by atoms with E-state index in [-0.39, 0.29) is 30.3 Å². The van der Waals surface area contributed by atoms with Crippen LogP contribution in [0.4, 0.5) is 4.39 Å². The molecule has 2 aromatic carbocycles. The number of halogens is 3. The smallest absolute Gasteiger partial charge is 0.242 e. The maximum absolute atomic E-state index is 14.0. The summed E-state index contributed by atoms with van der Waals surface area (Å²) in [6.07, 6.45) is -0.162. The van der Waals surface area contributed by atoms with Crippen molar-refractivity contribution in [1.29, 1.82) is 0 Å². The second kappa shape index (κ2) is 9.59. The third kappa shape index (κ3) is 6.72. The molecule has 0 heterocycles. The van der Waals surface area contributed by atoms with E-state index in [0.29, 0.717) is 15.6 Å². The highest BCUT2D eigenvalue weighted by atomic mass is 35.5. The van der Waals surface area contributed by atoms with E-state index in [4.69, 9.17) is 23.2 Å². The van der Waals surface area contributed by atoms with Gasteiger partial charge >= 0.3 is 0 Å². The van der Waals surface area contributed by atoms with Gasteiger partial charge in [0, 0.05) is 22.1 Å². The average Bonchev–Trinajstić information content (AvgIpc) is 2.61. The van der Waals surface area contributed by atoms with Gasteiger partial charge in [-0.2, -0.15) is 0 Å². The molecule has 0 aliphatic rings. The largest absolute Gasteiger partial charge is 0.350 e. The summed E-state index contributed by atoms with van der Waals surface area (Å²) >= 11 is 12.2. The predicted octanol–water partition coefficient (Wildman–Crippen LogP) is 5.01. The zero-order valence-corrected chi connectivity index (χ0v) is 18.4. The van der Waals surface area contributed by atoms with Crippen molar-refractivity contribution in [3.8, 4) is 0 Å². The van der Waals surface area contributed by atoms with E-state index >= 15 is 0 Å². The highest BCUT2D eigenvalue weighted by Crippen LogP contribution is 2.24. The standard InChI is InChI=1S/C22H25Cl2FN2O2/c1-14(21(29)26-22(2,3)4)27(13-16-9-10-17(23)12-18(16)24)20(28)11-15-7-5-6-8-19(15)25/h5-10,12,14H,11,13H2,1-4H3,(H,26,29). The van der Waals surface area contributed by atoms with E-state index < -0.39 is 17.4 Å². The molecule has 156 valence electrons. The monoisotopic (exact) mass is 438 g/mol. The van der Waals surface area contributed by atoms with Crippen LogP contribution in [0.5, 0.6) is 0 Å². The van der Waals surface area contributed by atoms with E-state index in [1.807, 2.05) is 20.8 Å². The van der Waals surface area contributed by atoms with Crippen molar-refractivity contribution in [1.82, 2.24) is 10.2 Å². The molecule has 4 nitrogen and oxygen atoms in total. The van der Waals surface area contributed by atoms with Gasteiger partial charge in [-0.1, -0.05) is 47.5 Å². The van der Waals surface area contributed by atoms with Crippen molar-refractivity contribution >= 4 is 35.0 Å². The molecular formula is C22H25Cl2FN2O2. The van der Waals surface area contributed by atoms with Gasteiger partial charge in [0.05, 0.1) is 6.42 Å². The van der Waals surface area contributed by atoms with Crippen molar-refractivity contribution in [3.05, 3.63) is 69.5 Å². The molecule has 0 spiro atoms. The first-order valence-corrected chi connectivity index (χ1v) is 10.0. The van der Waals surface area contributed by atoms with Crippen molar-refractivity contribution in [2.24, 2.45) is 0 Å². The summed E-state index contributed by atoms with van der Waals surface area (Å²) in [4.78, 5) is 27.2. The molecule has 1 N–H and O–H groups in total. The molecule has 2 aromatic rings. The van der Waals surface area contributed by atoms with Crippen LogP contribution in [0.1, 0.15) is 38.8 Å². The fourth-order valence-corrected chi connectivity index (χ4v) is 3.26. The number of rotatable bonds is 6. The Hall–Kier alpha value is -2.11. The number of amides is 2. The zero-order valence-electron chi connectivity index (χ0n) is 16.9. The number of carbonyl (C=O) groups excluding carboxylic acids is 2. The molecular weight excluding hydrogens is 414 g/mol. The van der Waals surface area contributed by atoms with Gasteiger partial charge in [0.15, 0.2) is 0 Å². The summed E-state index contributed by atoms with van der Waals surface area (Å²) in [5.41, 5.74) is 0.463. The second-order valence-electron chi connectivity index (χ2n) is 7.94. The molecule has 0 saturated heterocycles. The van der Waals surface area contributed by atoms with Crippen molar-refractivity contribution in [2.75, 3.05) is 0 Å². The van der Waals surface area contributed by atoms with E-state index in [2.05, 4.69) is 5.32 Å². The van der Waals surface area contributed by atoms with Crippen LogP contribution in [0.2, 0.25) is 10.0 Å². The van der Waals surface area contributed by atoms with Gasteiger partial charge in [-0.15, -0.1) is 0 Å². The normalized spacial score (nSPS) is 12.4. The van der Waals surface area contributed by atoms with Gasteiger partial charge in [0.25, 0.3) is 0 Å². The summed E-state index contributed by atoms with van der Waals surface area (Å²) in [6, 6.07) is 10.3. The van der Waals surface area contributed by atoms with Crippen LogP contribution in [0.25, 0.3) is 0 Å². The minimum absolute atomic E-state index is 0.0992. The molecule has 29 heavy (non-hydrogen) atoms. The lowest BCUT2D eigenvalue weighted by atomic mass is 10.1. The van der Waals surface area contributed by atoms with Crippen LogP contribution in [-0.4, -0.2) is 28.3 Å². The number of hydrogen-bond acceptors (Lipinski definition) is 2. The predicted molar refractivity (Wildman–Crippen MR) is 114 cm³/mol. The quantitative estimate of drug-likeness (QED) is 0.688. The highest BCUT2D eigenvalue weighted by Gasteiger charge is 2.29. The Balaban J connectivity index is 2.32. The van der Waals surface area contributed by atoms with Gasteiger partial charge in [0.2, 0.25) is 11.8 Å². The summed E-state index contributed by atoms with van der Waals surface area (Å²) in [5.74, 6) is -1.14. The fraction of sp³-hybridized carbons (Fsp3) is 0.364. The van der Waals surface area contributed by atoms with Crippen LogP contribution >= 0.6 is 23.2 Å². The molecule has 1 unspecified atom stereocenters. The molecule has 0 radical (unpaired) electrons. The van der Waals surface area contributed by atoms with Crippen LogP contribution < -0.4 is 5.32 Å². The van der Waals surface area contributed by atoms with Gasteiger partial charge in [0.1, 0.15) is 11.9 Å². The highest BCUT2D eigenvalue weighted by molar-refractivity contribution is 6.35. The SMILES string of the molecule is CC(C(=O)NC(C)(C)C)N(Cc1ccc(Cl)cc1Cl)C(=O)Cc1ccccc1F. The summed E-state index contributed by atoms with van der Waals surface area (Å²) in [6.45, 7) is 7.32. The first-order valence-electron chi connectivity index (χ1n) is 9.27. The van der Waals surface area contributed by atoms with E-state index in [1.165, 1.54) is 11.0 Å². The minimum atomic E-state index is -0.778. The molecule has 0 bridgehead atoms. The second-order valence-corrected chi connectivity index (χ2v) is 8.78. The summed E-state index contributed by atoms with van der Waals surface area (Å²) < 4.78 is 14.0. The maximum atomic E-state index is 14.0. The van der Waals surface area contributed by atoms with Crippen molar-refractivity contribution in [2.45, 2.75) is 52.2 Å².